The molecule has 0 aromatic carbocycles. The lowest BCUT2D eigenvalue weighted by atomic mass is 9.83. The van der Waals surface area contributed by atoms with Gasteiger partial charge >= 0.3 is 6.03 Å². The van der Waals surface area contributed by atoms with Crippen LogP contribution in [0.2, 0.25) is 0 Å². The first-order valence-electron chi connectivity index (χ1n) is 15.0. The van der Waals surface area contributed by atoms with Crippen LogP contribution in [0.4, 0.5) is 4.79 Å². The Morgan fingerprint density at radius 2 is 1.50 bits per heavy atom. The molecule has 0 aromatic rings. The van der Waals surface area contributed by atoms with Gasteiger partial charge in [-0.3, -0.25) is 19.2 Å². The van der Waals surface area contributed by atoms with Crippen LogP contribution in [0, 0.1) is 23.7 Å². The number of hydrogen-bond donors (Lipinski definition) is 4. The molecule has 12 heteroatoms. The van der Waals surface area contributed by atoms with E-state index < -0.39 is 46.0 Å². The molecule has 5 amide bonds. The highest BCUT2D eigenvalue weighted by atomic mass is 35.5. The zero-order chi connectivity index (χ0) is 28.6. The standard InChI is InChI=1S/C28H41Cl2N5O5/c29-28(30)18-14-35(22(20(18)28)25(38)33-19(13-15-11-12-15)23(36)24(31)37)26(39)21(16-7-3-1-4-8-16)34-27(40)32-17-9-5-2-6-10-17/h15-22H,1-14H2,(H2,31,37)(H,33,38)(H2,32,34,40)/t18-,19?,20-,21-,22-/m0/s1. The number of amides is 5. The second-order valence-electron chi connectivity index (χ2n) is 12.5. The number of likely N-dealkylation sites (tertiary alicyclic amines) is 1. The first-order valence-corrected chi connectivity index (χ1v) is 15.7. The molecule has 5 rings (SSSR count). The smallest absolute Gasteiger partial charge is 0.315 e. The molecular weight excluding hydrogens is 557 g/mol. The highest BCUT2D eigenvalue weighted by Gasteiger charge is 2.74. The number of rotatable bonds is 10. The Bertz CT molecular complexity index is 1020. The fraction of sp³-hybridized carbons (Fsp3) is 0.821. The predicted octanol–water partition coefficient (Wildman–Crippen LogP) is 2.54. The maximum atomic E-state index is 14.2. The number of ketones is 1. The molecule has 5 aliphatic rings. The van der Waals surface area contributed by atoms with Gasteiger partial charge < -0.3 is 26.6 Å². The van der Waals surface area contributed by atoms with Gasteiger partial charge in [-0.1, -0.05) is 51.4 Å². The van der Waals surface area contributed by atoms with Crippen LogP contribution in [0.25, 0.3) is 0 Å². The summed E-state index contributed by atoms with van der Waals surface area (Å²) in [5.74, 6) is -3.47. The third-order valence-electron chi connectivity index (χ3n) is 9.64. The largest absolute Gasteiger partial charge is 0.363 e. The zero-order valence-corrected chi connectivity index (χ0v) is 24.4. The zero-order valence-electron chi connectivity index (χ0n) is 22.8. The van der Waals surface area contributed by atoms with Crippen molar-refractivity contribution in [3.05, 3.63) is 0 Å². The third-order valence-corrected chi connectivity index (χ3v) is 10.7. The summed E-state index contributed by atoms with van der Waals surface area (Å²) in [4.78, 5) is 66.6. The van der Waals surface area contributed by atoms with Gasteiger partial charge in [-0.25, -0.2) is 4.79 Å². The van der Waals surface area contributed by atoms with E-state index in [-0.39, 0.29) is 42.3 Å². The summed E-state index contributed by atoms with van der Waals surface area (Å²) in [6.07, 6.45) is 12.0. The molecule has 5 fully saturated rings. The number of halogens is 2. The van der Waals surface area contributed by atoms with Crippen LogP contribution < -0.4 is 21.7 Å². The summed E-state index contributed by atoms with van der Waals surface area (Å²) < 4.78 is -1.16. The summed E-state index contributed by atoms with van der Waals surface area (Å²) in [7, 11) is 0. The number of alkyl halides is 2. The lowest BCUT2D eigenvalue weighted by Gasteiger charge is -2.37. The number of hydrogen-bond acceptors (Lipinski definition) is 5. The van der Waals surface area contributed by atoms with Gasteiger partial charge in [0.2, 0.25) is 17.6 Å². The Morgan fingerprint density at radius 1 is 0.875 bits per heavy atom. The number of piperidine rings is 1. The van der Waals surface area contributed by atoms with Crippen LogP contribution in [0.1, 0.15) is 83.5 Å². The molecule has 0 aromatic heterocycles. The quantitative estimate of drug-likeness (QED) is 0.225. The molecule has 1 unspecified atom stereocenters. The number of carbonyl (C=O) groups excluding carboxylic acids is 5. The Balaban J connectivity index is 1.33. The molecule has 5 atom stereocenters. The molecule has 4 saturated carbocycles. The molecule has 1 saturated heterocycles. The fourth-order valence-electron chi connectivity index (χ4n) is 7.12. The maximum Gasteiger partial charge on any atom is 0.315 e. The third kappa shape index (κ3) is 6.37. The van der Waals surface area contributed by atoms with Gasteiger partial charge in [-0.05, 0) is 43.9 Å². The summed E-state index contributed by atoms with van der Waals surface area (Å²) in [6, 6.07) is -3.12. The number of nitrogens with two attached hydrogens (primary N) is 1. The van der Waals surface area contributed by atoms with Crippen molar-refractivity contribution < 1.29 is 24.0 Å². The van der Waals surface area contributed by atoms with E-state index in [1.165, 1.54) is 11.3 Å². The second-order valence-corrected chi connectivity index (χ2v) is 14.0. The minimum absolute atomic E-state index is 0.0465. The lowest BCUT2D eigenvalue weighted by molar-refractivity contribution is -0.144. The van der Waals surface area contributed by atoms with Crippen molar-refractivity contribution in [2.45, 2.75) is 112 Å². The minimum atomic E-state index is -1.16. The average Bonchev–Trinajstić information content (AvgIpc) is 3.79. The van der Waals surface area contributed by atoms with Crippen molar-refractivity contribution in [2.24, 2.45) is 29.4 Å². The van der Waals surface area contributed by atoms with Crippen LogP contribution >= 0.6 is 23.2 Å². The number of carbonyl (C=O) groups is 5. The van der Waals surface area contributed by atoms with E-state index in [1.54, 1.807) is 0 Å². The molecular formula is C28H41Cl2N5O5. The number of fused-ring (bicyclic) bond motifs is 1. The molecule has 10 nitrogen and oxygen atoms in total. The normalized spacial score (nSPS) is 29.6. The molecule has 1 aliphatic heterocycles. The summed E-state index contributed by atoms with van der Waals surface area (Å²) >= 11 is 13.0. The monoisotopic (exact) mass is 597 g/mol. The fourth-order valence-corrected chi connectivity index (χ4v) is 7.95. The van der Waals surface area contributed by atoms with E-state index in [9.17, 15) is 24.0 Å². The van der Waals surface area contributed by atoms with Crippen LogP contribution in [0.5, 0.6) is 0 Å². The van der Waals surface area contributed by atoms with Crippen molar-refractivity contribution >= 4 is 52.7 Å². The van der Waals surface area contributed by atoms with Gasteiger partial charge in [0.25, 0.3) is 5.91 Å². The predicted molar refractivity (Wildman–Crippen MR) is 149 cm³/mol. The summed E-state index contributed by atoms with van der Waals surface area (Å²) in [6.45, 7) is 0.181. The van der Waals surface area contributed by atoms with Gasteiger partial charge in [0.15, 0.2) is 0 Å². The Morgan fingerprint density at radius 3 is 2.10 bits per heavy atom. The number of primary amides is 1. The van der Waals surface area contributed by atoms with Gasteiger partial charge in [-0.15, -0.1) is 23.2 Å². The van der Waals surface area contributed by atoms with E-state index in [2.05, 4.69) is 16.0 Å². The van der Waals surface area contributed by atoms with Gasteiger partial charge in [0.1, 0.15) is 16.4 Å². The maximum absolute atomic E-state index is 14.2. The number of urea groups is 1. The highest BCUT2D eigenvalue weighted by molar-refractivity contribution is 6.51. The van der Waals surface area contributed by atoms with Gasteiger partial charge in [0, 0.05) is 24.4 Å². The highest BCUT2D eigenvalue weighted by Crippen LogP contribution is 2.65. The van der Waals surface area contributed by atoms with E-state index in [1.807, 2.05) is 0 Å². The van der Waals surface area contributed by atoms with E-state index in [4.69, 9.17) is 28.9 Å². The van der Waals surface area contributed by atoms with Crippen molar-refractivity contribution in [1.82, 2.24) is 20.9 Å². The van der Waals surface area contributed by atoms with Crippen LogP contribution in [-0.4, -0.2) is 69.5 Å². The van der Waals surface area contributed by atoms with Crippen LogP contribution in [-0.2, 0) is 19.2 Å². The molecule has 4 aliphatic carbocycles. The SMILES string of the molecule is NC(=O)C(=O)C(CC1CC1)NC(=O)[C@@H]1[C@@H]2[C@H](CN1C(=O)[C@@H](NC(=O)NC1CCCCC1)C1CCCCC1)C2(Cl)Cl. The second kappa shape index (κ2) is 12.0. The van der Waals surface area contributed by atoms with Crippen LogP contribution in [0.15, 0.2) is 0 Å². The van der Waals surface area contributed by atoms with Crippen LogP contribution in [0.3, 0.4) is 0 Å². The van der Waals surface area contributed by atoms with Crippen molar-refractivity contribution in [1.29, 1.82) is 0 Å². The number of nitrogens with zero attached hydrogens (tertiary/aromatic N) is 1. The van der Waals surface area contributed by atoms with E-state index >= 15 is 0 Å². The van der Waals surface area contributed by atoms with E-state index in [0.29, 0.717) is 6.42 Å². The first-order chi connectivity index (χ1) is 19.1. The molecule has 0 spiro atoms. The van der Waals surface area contributed by atoms with Gasteiger partial charge in [0.05, 0.1) is 6.04 Å². The number of Topliss-reactive ketones (excluding diaryl/α,β-unsaturated/α-hetero) is 1. The molecule has 222 valence electrons. The minimum Gasteiger partial charge on any atom is -0.363 e. The van der Waals surface area contributed by atoms with Gasteiger partial charge in [-0.2, -0.15) is 0 Å². The average molecular weight is 599 g/mol. The summed E-state index contributed by atoms with van der Waals surface area (Å²) in [5, 5.41) is 8.73. The first kappa shape index (κ1) is 29.4. The molecule has 1 heterocycles. The topological polar surface area (TPSA) is 151 Å². The van der Waals surface area contributed by atoms with Crippen molar-refractivity contribution in [3.8, 4) is 0 Å². The number of nitrogens with one attached hydrogen (secondary N) is 3. The summed E-state index contributed by atoms with van der Waals surface area (Å²) in [5.41, 5.74) is 5.26. The molecule has 0 radical (unpaired) electrons. The Hall–Kier alpha value is -2.07. The molecule has 40 heavy (non-hydrogen) atoms. The van der Waals surface area contributed by atoms with E-state index in [0.717, 1.165) is 70.6 Å². The Kier molecular flexibility index (Phi) is 8.86. The molecule has 0 bridgehead atoms. The van der Waals surface area contributed by atoms with Crippen molar-refractivity contribution in [2.75, 3.05) is 6.54 Å². The lowest BCUT2D eigenvalue weighted by Crippen LogP contribution is -2.60. The Labute approximate surface area is 245 Å². The van der Waals surface area contributed by atoms with Crippen molar-refractivity contribution in [3.63, 3.8) is 0 Å². The molecule has 5 N–H and O–H groups in total.